The number of morpholine rings is 1. The molecular formula is C21H20N4O4. The van der Waals surface area contributed by atoms with E-state index in [0.29, 0.717) is 48.9 Å². The molecule has 1 aliphatic rings. The number of fused-ring (bicyclic) bond motifs is 1. The van der Waals surface area contributed by atoms with Crippen LogP contribution in [0.1, 0.15) is 11.1 Å². The van der Waals surface area contributed by atoms with Crippen LogP contribution in [0, 0.1) is 0 Å². The molecular weight excluding hydrogens is 372 g/mol. The smallest absolute Gasteiger partial charge is 0.336 e. The molecule has 8 heteroatoms. The standard InChI is InChI=1S/C21H20N4O4/c26-20(27)17(14-4-2-1-3-5-14)12-15-13-22-19-16(15)6-7-18(23-19)24-21(28)25-8-10-29-11-9-25/h1-7,12-13H,8-11H2,(H,26,27)(H2,22,23,24,28). The molecule has 148 valence electrons. The van der Waals surface area contributed by atoms with E-state index in [2.05, 4.69) is 15.3 Å². The Kier molecular flexibility index (Phi) is 5.26. The number of urea groups is 1. The molecule has 3 N–H and O–H groups in total. The lowest BCUT2D eigenvalue weighted by Gasteiger charge is -2.26. The van der Waals surface area contributed by atoms with Crippen LogP contribution in [-0.2, 0) is 9.53 Å². The number of rotatable bonds is 4. The summed E-state index contributed by atoms with van der Waals surface area (Å²) in [5, 5.41) is 13.2. The molecule has 4 rings (SSSR count). The van der Waals surface area contributed by atoms with Gasteiger partial charge in [-0.05, 0) is 23.8 Å². The van der Waals surface area contributed by atoms with E-state index < -0.39 is 5.97 Å². The van der Waals surface area contributed by atoms with Gasteiger partial charge in [-0.15, -0.1) is 0 Å². The third-order valence-corrected chi connectivity index (χ3v) is 4.72. The van der Waals surface area contributed by atoms with Crippen molar-refractivity contribution in [2.45, 2.75) is 0 Å². The monoisotopic (exact) mass is 392 g/mol. The normalized spacial score (nSPS) is 14.8. The summed E-state index contributed by atoms with van der Waals surface area (Å²) in [7, 11) is 0. The number of ether oxygens (including phenoxy) is 1. The second-order valence-electron chi connectivity index (χ2n) is 6.60. The first-order chi connectivity index (χ1) is 14.1. The Balaban J connectivity index is 1.59. The first-order valence-electron chi connectivity index (χ1n) is 9.24. The summed E-state index contributed by atoms with van der Waals surface area (Å²) >= 11 is 0. The van der Waals surface area contributed by atoms with E-state index in [4.69, 9.17) is 4.74 Å². The minimum absolute atomic E-state index is 0.191. The van der Waals surface area contributed by atoms with E-state index in [0.717, 1.165) is 5.39 Å². The number of pyridine rings is 1. The van der Waals surface area contributed by atoms with Gasteiger partial charge in [0.1, 0.15) is 11.5 Å². The molecule has 3 heterocycles. The number of H-pyrrole nitrogens is 1. The molecule has 1 aliphatic heterocycles. The topological polar surface area (TPSA) is 108 Å². The maximum Gasteiger partial charge on any atom is 0.336 e. The number of hydrogen-bond donors (Lipinski definition) is 3. The van der Waals surface area contributed by atoms with E-state index in [1.54, 1.807) is 47.5 Å². The predicted molar refractivity (Wildman–Crippen MR) is 109 cm³/mol. The summed E-state index contributed by atoms with van der Waals surface area (Å²) in [4.78, 5) is 33.2. The van der Waals surface area contributed by atoms with Crippen molar-refractivity contribution in [3.8, 4) is 0 Å². The molecule has 0 bridgehead atoms. The average molecular weight is 392 g/mol. The lowest BCUT2D eigenvalue weighted by Crippen LogP contribution is -2.43. The summed E-state index contributed by atoms with van der Waals surface area (Å²) in [6.45, 7) is 2.14. The van der Waals surface area contributed by atoms with Crippen molar-refractivity contribution in [3.63, 3.8) is 0 Å². The maximum atomic E-state index is 12.3. The molecule has 8 nitrogen and oxygen atoms in total. The molecule has 3 aromatic rings. The molecule has 1 aromatic carbocycles. The number of carboxylic acids is 1. The van der Waals surface area contributed by atoms with Gasteiger partial charge in [0.2, 0.25) is 0 Å². The number of nitrogens with one attached hydrogen (secondary N) is 2. The summed E-state index contributed by atoms with van der Waals surface area (Å²) in [6.07, 6.45) is 3.32. The Morgan fingerprint density at radius 3 is 2.62 bits per heavy atom. The van der Waals surface area contributed by atoms with Gasteiger partial charge in [-0.3, -0.25) is 5.32 Å². The fourth-order valence-electron chi connectivity index (χ4n) is 3.21. The molecule has 29 heavy (non-hydrogen) atoms. The second kappa shape index (κ2) is 8.15. The Morgan fingerprint density at radius 2 is 1.90 bits per heavy atom. The molecule has 1 fully saturated rings. The zero-order chi connectivity index (χ0) is 20.2. The first kappa shape index (κ1) is 18.7. The van der Waals surface area contributed by atoms with Crippen molar-refractivity contribution < 1.29 is 19.4 Å². The number of carbonyl (C=O) groups excluding carboxylic acids is 1. The molecule has 0 saturated carbocycles. The van der Waals surface area contributed by atoms with Gasteiger partial charge >= 0.3 is 12.0 Å². The number of anilines is 1. The number of amides is 2. The number of carbonyl (C=O) groups is 2. The molecule has 1 saturated heterocycles. The van der Waals surface area contributed by atoms with Crippen LogP contribution in [0.3, 0.4) is 0 Å². The quantitative estimate of drug-likeness (QED) is 0.592. The zero-order valence-electron chi connectivity index (χ0n) is 15.6. The minimum atomic E-state index is -1.01. The third kappa shape index (κ3) is 4.12. The van der Waals surface area contributed by atoms with Gasteiger partial charge in [0.15, 0.2) is 0 Å². The Bertz CT molecular complexity index is 1070. The molecule has 0 radical (unpaired) electrons. The van der Waals surface area contributed by atoms with E-state index in [1.165, 1.54) is 0 Å². The van der Waals surface area contributed by atoms with E-state index in [9.17, 15) is 14.7 Å². The van der Waals surface area contributed by atoms with Crippen LogP contribution in [0.15, 0.2) is 48.7 Å². The van der Waals surface area contributed by atoms with E-state index in [-0.39, 0.29) is 11.6 Å². The van der Waals surface area contributed by atoms with Crippen molar-refractivity contribution in [2.24, 2.45) is 0 Å². The molecule has 2 aromatic heterocycles. The average Bonchev–Trinajstić information content (AvgIpc) is 3.15. The van der Waals surface area contributed by atoms with Crippen molar-refractivity contribution in [2.75, 3.05) is 31.6 Å². The molecule has 2 amide bonds. The molecule has 0 aliphatic carbocycles. The van der Waals surface area contributed by atoms with Gasteiger partial charge in [0, 0.05) is 30.2 Å². The van der Waals surface area contributed by atoms with Crippen LogP contribution < -0.4 is 5.32 Å². The number of aromatic amines is 1. The van der Waals surface area contributed by atoms with E-state index >= 15 is 0 Å². The zero-order valence-corrected chi connectivity index (χ0v) is 15.6. The number of aromatic nitrogens is 2. The Labute approximate surface area is 166 Å². The number of benzene rings is 1. The lowest BCUT2D eigenvalue weighted by molar-refractivity contribution is -0.130. The van der Waals surface area contributed by atoms with Crippen molar-refractivity contribution >= 4 is 40.5 Å². The number of aliphatic carboxylic acids is 1. The predicted octanol–water partition coefficient (Wildman–Crippen LogP) is 3.05. The maximum absolute atomic E-state index is 12.3. The van der Waals surface area contributed by atoms with Gasteiger partial charge in [0.25, 0.3) is 0 Å². The third-order valence-electron chi connectivity index (χ3n) is 4.72. The summed E-state index contributed by atoms with van der Waals surface area (Å²) in [6, 6.07) is 12.2. The highest BCUT2D eigenvalue weighted by atomic mass is 16.5. The van der Waals surface area contributed by atoms with Crippen LogP contribution in [0.5, 0.6) is 0 Å². The highest BCUT2D eigenvalue weighted by molar-refractivity contribution is 6.21. The van der Waals surface area contributed by atoms with Gasteiger partial charge in [0.05, 0.1) is 18.8 Å². The molecule has 0 spiro atoms. The van der Waals surface area contributed by atoms with Gasteiger partial charge < -0.3 is 19.7 Å². The van der Waals surface area contributed by atoms with Gasteiger partial charge in [-0.25, -0.2) is 14.6 Å². The van der Waals surface area contributed by atoms with E-state index in [1.807, 2.05) is 12.1 Å². The van der Waals surface area contributed by atoms with Crippen LogP contribution >= 0.6 is 0 Å². The Morgan fingerprint density at radius 1 is 1.14 bits per heavy atom. The highest BCUT2D eigenvalue weighted by Gasteiger charge is 2.18. The van der Waals surface area contributed by atoms with Crippen LogP contribution in [0.4, 0.5) is 10.6 Å². The van der Waals surface area contributed by atoms with Gasteiger partial charge in [-0.2, -0.15) is 0 Å². The lowest BCUT2D eigenvalue weighted by atomic mass is 10.0. The highest BCUT2D eigenvalue weighted by Crippen LogP contribution is 2.25. The number of nitrogens with zero attached hydrogens (tertiary/aromatic N) is 2. The fraction of sp³-hybridized carbons (Fsp3) is 0.190. The summed E-state index contributed by atoms with van der Waals surface area (Å²) < 4.78 is 5.25. The summed E-state index contributed by atoms with van der Waals surface area (Å²) in [5.74, 6) is -0.583. The first-order valence-corrected chi connectivity index (χ1v) is 9.24. The fourth-order valence-corrected chi connectivity index (χ4v) is 3.21. The van der Waals surface area contributed by atoms with Crippen LogP contribution in [0.25, 0.3) is 22.7 Å². The Hall–Kier alpha value is -3.65. The van der Waals surface area contributed by atoms with Crippen LogP contribution in [-0.4, -0.2) is 58.3 Å². The van der Waals surface area contributed by atoms with Crippen molar-refractivity contribution in [1.29, 1.82) is 0 Å². The largest absolute Gasteiger partial charge is 0.478 e. The molecule has 0 unspecified atom stereocenters. The van der Waals surface area contributed by atoms with Crippen LogP contribution in [0.2, 0.25) is 0 Å². The second-order valence-corrected chi connectivity index (χ2v) is 6.60. The van der Waals surface area contributed by atoms with Gasteiger partial charge in [-0.1, -0.05) is 30.3 Å². The van der Waals surface area contributed by atoms with Crippen molar-refractivity contribution in [3.05, 3.63) is 59.8 Å². The number of carboxylic acid groups (broad SMARTS) is 1. The summed E-state index contributed by atoms with van der Waals surface area (Å²) in [5.41, 5.74) is 2.08. The minimum Gasteiger partial charge on any atom is -0.478 e. The van der Waals surface area contributed by atoms with Crippen molar-refractivity contribution in [1.82, 2.24) is 14.9 Å². The molecule has 0 atom stereocenters. The SMILES string of the molecule is O=C(O)C(=Cc1c[nH]c2nc(NC(=O)N3CCOCC3)ccc12)c1ccccc1. The number of hydrogen-bond acceptors (Lipinski definition) is 4.